The molecule has 0 bridgehead atoms. The zero-order chi connectivity index (χ0) is 8.97. The molecule has 64 valence electrons. The van der Waals surface area contributed by atoms with E-state index in [4.69, 9.17) is 0 Å². The Morgan fingerprint density at radius 3 is 3.00 bits per heavy atom. The Morgan fingerprint density at radius 1 is 1.75 bits per heavy atom. The van der Waals surface area contributed by atoms with Crippen LogP contribution in [-0.4, -0.2) is 16.3 Å². The molecule has 0 unspecified atom stereocenters. The van der Waals surface area contributed by atoms with E-state index >= 15 is 0 Å². The number of nitrogens with zero attached hydrogens (tertiary/aromatic N) is 3. The Hall–Kier alpha value is -1.38. The smallest absolute Gasteiger partial charge is 0.159 e. The fourth-order valence-electron chi connectivity index (χ4n) is 1.07. The molecule has 3 nitrogen and oxygen atoms in total. The molecule has 12 heavy (non-hydrogen) atoms. The van der Waals surface area contributed by atoms with Gasteiger partial charge in [-0.05, 0) is 26.6 Å². The summed E-state index contributed by atoms with van der Waals surface area (Å²) in [6.45, 7) is 8.39. The average molecular weight is 163 g/mol. The molecular formula is C9H13N3. The molecule has 0 saturated carbocycles. The van der Waals surface area contributed by atoms with Crippen molar-refractivity contribution in [1.29, 1.82) is 0 Å². The summed E-state index contributed by atoms with van der Waals surface area (Å²) < 4.78 is 1.96. The lowest BCUT2D eigenvalue weighted by atomic mass is 10.4. The first-order valence-electron chi connectivity index (χ1n) is 3.98. The molecule has 0 aliphatic heterocycles. The molecule has 1 heterocycles. The normalized spacial score (nSPS) is 10.8. The van der Waals surface area contributed by atoms with Gasteiger partial charge in [0.05, 0.1) is 6.33 Å². The van der Waals surface area contributed by atoms with Crippen LogP contribution in [0.1, 0.15) is 19.5 Å². The van der Waals surface area contributed by atoms with Crippen LogP contribution in [0.5, 0.6) is 0 Å². The maximum atomic E-state index is 4.19. The van der Waals surface area contributed by atoms with E-state index in [1.54, 1.807) is 6.33 Å². The van der Waals surface area contributed by atoms with Crippen LogP contribution in [0.3, 0.4) is 0 Å². The Balaban J connectivity index is 3.13. The Bertz CT molecular complexity index is 297. The highest BCUT2D eigenvalue weighted by molar-refractivity contribution is 5.59. The highest BCUT2D eigenvalue weighted by Crippen LogP contribution is 2.18. The van der Waals surface area contributed by atoms with Crippen LogP contribution in [0.2, 0.25) is 0 Å². The first-order valence-corrected chi connectivity index (χ1v) is 3.98. The number of aryl methyl sites for hydroxylation is 1. The van der Waals surface area contributed by atoms with Gasteiger partial charge in [0.2, 0.25) is 0 Å². The van der Waals surface area contributed by atoms with E-state index in [0.717, 1.165) is 18.1 Å². The van der Waals surface area contributed by atoms with E-state index < -0.39 is 0 Å². The second kappa shape index (κ2) is 3.85. The Labute approximate surface area is 72.5 Å². The highest BCUT2D eigenvalue weighted by Gasteiger charge is 2.03. The van der Waals surface area contributed by atoms with Crippen LogP contribution in [0, 0.1) is 0 Å². The summed E-state index contributed by atoms with van der Waals surface area (Å²) in [5.74, 6) is 0.843. The summed E-state index contributed by atoms with van der Waals surface area (Å²) in [5.41, 5.74) is 0.884. The van der Waals surface area contributed by atoms with Gasteiger partial charge in [0, 0.05) is 6.54 Å². The van der Waals surface area contributed by atoms with Crippen molar-refractivity contribution in [2.45, 2.75) is 20.4 Å². The van der Waals surface area contributed by atoms with Gasteiger partial charge >= 0.3 is 0 Å². The van der Waals surface area contributed by atoms with E-state index in [1.165, 1.54) is 0 Å². The van der Waals surface area contributed by atoms with Crippen molar-refractivity contribution in [3.63, 3.8) is 0 Å². The first-order chi connectivity index (χ1) is 5.83. The Kier molecular flexibility index (Phi) is 2.80. The Morgan fingerprint density at radius 2 is 2.50 bits per heavy atom. The molecule has 0 aliphatic carbocycles. The number of imidazole rings is 1. The predicted octanol–water partition coefficient (Wildman–Crippen LogP) is 2.27. The standard InChI is InChI=1S/C9H13N3/c1-4-6-8-9(10-3)12(5-2)7-11-8/h4,6-7H,3,5H2,1-2H3/b6-4-. The maximum absolute atomic E-state index is 4.19. The molecular weight excluding hydrogens is 150 g/mol. The number of hydrogen-bond acceptors (Lipinski definition) is 2. The van der Waals surface area contributed by atoms with Crippen molar-refractivity contribution in [1.82, 2.24) is 9.55 Å². The minimum atomic E-state index is 0.843. The summed E-state index contributed by atoms with van der Waals surface area (Å²) in [7, 11) is 0. The summed E-state index contributed by atoms with van der Waals surface area (Å²) in [6, 6.07) is 0. The van der Waals surface area contributed by atoms with Gasteiger partial charge in [0.25, 0.3) is 0 Å². The molecule has 1 aromatic heterocycles. The second-order valence-electron chi connectivity index (χ2n) is 2.40. The molecule has 3 heteroatoms. The predicted molar refractivity (Wildman–Crippen MR) is 51.8 cm³/mol. The third-order valence-corrected chi connectivity index (χ3v) is 1.65. The lowest BCUT2D eigenvalue weighted by Crippen LogP contribution is -1.89. The molecule has 1 rings (SSSR count). The minimum absolute atomic E-state index is 0.843. The van der Waals surface area contributed by atoms with Gasteiger partial charge in [0.1, 0.15) is 5.69 Å². The van der Waals surface area contributed by atoms with E-state index in [0.29, 0.717) is 0 Å². The molecule has 0 aliphatic rings. The van der Waals surface area contributed by atoms with E-state index in [1.807, 2.05) is 23.6 Å². The van der Waals surface area contributed by atoms with Crippen LogP contribution >= 0.6 is 0 Å². The van der Waals surface area contributed by atoms with Gasteiger partial charge in [0.15, 0.2) is 5.82 Å². The van der Waals surface area contributed by atoms with Gasteiger partial charge in [-0.3, -0.25) is 0 Å². The average Bonchev–Trinajstić information content (AvgIpc) is 2.47. The van der Waals surface area contributed by atoms with Crippen molar-refractivity contribution in [3.05, 3.63) is 18.1 Å². The molecule has 0 fully saturated rings. The fourth-order valence-corrected chi connectivity index (χ4v) is 1.07. The van der Waals surface area contributed by atoms with Gasteiger partial charge in [-0.2, -0.15) is 0 Å². The summed E-state index contributed by atoms with van der Waals surface area (Å²) >= 11 is 0. The topological polar surface area (TPSA) is 30.2 Å². The summed E-state index contributed by atoms with van der Waals surface area (Å²) in [6.07, 6.45) is 5.65. The number of allylic oxidation sites excluding steroid dienone is 1. The van der Waals surface area contributed by atoms with Crippen molar-refractivity contribution >= 4 is 18.6 Å². The summed E-state index contributed by atoms with van der Waals surface area (Å²) in [5, 5.41) is 0. The molecule has 0 saturated heterocycles. The van der Waals surface area contributed by atoms with Crippen LogP contribution in [0.25, 0.3) is 6.08 Å². The maximum Gasteiger partial charge on any atom is 0.159 e. The lowest BCUT2D eigenvalue weighted by molar-refractivity contribution is 0.765. The monoisotopic (exact) mass is 163 g/mol. The van der Waals surface area contributed by atoms with Crippen LogP contribution in [0.4, 0.5) is 5.82 Å². The molecule has 0 atom stereocenters. The highest BCUT2D eigenvalue weighted by atomic mass is 15.1. The molecule has 0 spiro atoms. The third-order valence-electron chi connectivity index (χ3n) is 1.65. The van der Waals surface area contributed by atoms with Crippen molar-refractivity contribution in [2.24, 2.45) is 4.99 Å². The number of aliphatic imine (C=N–C) groups is 1. The SMILES string of the molecule is C=Nc1c(/C=C\C)ncn1CC. The zero-order valence-electron chi connectivity index (χ0n) is 7.49. The number of rotatable bonds is 3. The molecule has 0 amide bonds. The molecule has 0 aromatic carbocycles. The second-order valence-corrected chi connectivity index (χ2v) is 2.40. The lowest BCUT2D eigenvalue weighted by Gasteiger charge is -1.98. The third kappa shape index (κ3) is 1.44. The zero-order valence-corrected chi connectivity index (χ0v) is 7.49. The van der Waals surface area contributed by atoms with E-state index in [-0.39, 0.29) is 0 Å². The first kappa shape index (κ1) is 8.71. The quantitative estimate of drug-likeness (QED) is 0.628. The van der Waals surface area contributed by atoms with Gasteiger partial charge in [-0.1, -0.05) is 6.08 Å². The van der Waals surface area contributed by atoms with Crippen LogP contribution in [-0.2, 0) is 6.54 Å². The molecule has 0 N–H and O–H groups in total. The van der Waals surface area contributed by atoms with Crippen molar-refractivity contribution in [2.75, 3.05) is 0 Å². The van der Waals surface area contributed by atoms with E-state index in [2.05, 4.69) is 23.6 Å². The van der Waals surface area contributed by atoms with Gasteiger partial charge < -0.3 is 4.57 Å². The number of hydrogen-bond donors (Lipinski definition) is 0. The molecule has 1 aromatic rings. The molecule has 0 radical (unpaired) electrons. The van der Waals surface area contributed by atoms with Crippen LogP contribution < -0.4 is 0 Å². The van der Waals surface area contributed by atoms with Gasteiger partial charge in [-0.25, -0.2) is 9.98 Å². The largest absolute Gasteiger partial charge is 0.316 e. The van der Waals surface area contributed by atoms with Crippen molar-refractivity contribution < 1.29 is 0 Å². The van der Waals surface area contributed by atoms with Gasteiger partial charge in [-0.15, -0.1) is 0 Å². The minimum Gasteiger partial charge on any atom is -0.316 e. The fraction of sp³-hybridized carbons (Fsp3) is 0.333. The van der Waals surface area contributed by atoms with Crippen LogP contribution in [0.15, 0.2) is 17.4 Å². The van der Waals surface area contributed by atoms with E-state index in [9.17, 15) is 0 Å². The number of aromatic nitrogens is 2. The summed E-state index contributed by atoms with van der Waals surface area (Å²) in [4.78, 5) is 8.11. The van der Waals surface area contributed by atoms with Crippen molar-refractivity contribution in [3.8, 4) is 0 Å².